The molecule has 0 bridgehead atoms. The summed E-state index contributed by atoms with van der Waals surface area (Å²) in [6, 6.07) is 0. The van der Waals surface area contributed by atoms with E-state index >= 15 is 0 Å². The van der Waals surface area contributed by atoms with Crippen LogP contribution in [0.1, 0.15) is 47.0 Å². The van der Waals surface area contributed by atoms with Crippen LogP contribution in [-0.2, 0) is 4.79 Å². The third kappa shape index (κ3) is 2.96. The summed E-state index contributed by atoms with van der Waals surface area (Å²) in [6.45, 7) is 8.71. The van der Waals surface area contributed by atoms with Crippen LogP contribution in [0.25, 0.3) is 0 Å². The smallest absolute Gasteiger partial charge is 0.306 e. The minimum Gasteiger partial charge on any atom is -0.481 e. The predicted octanol–water partition coefficient (Wildman–Crippen LogP) is 3.42. The number of carboxylic acids is 1. The average Bonchev–Trinajstić information content (AvgIpc) is 2.16. The van der Waals surface area contributed by atoms with Gasteiger partial charge in [0.2, 0.25) is 0 Å². The molecular formula is C13H24O2. The molecule has 0 aromatic rings. The first-order chi connectivity index (χ1) is 6.93. The van der Waals surface area contributed by atoms with Crippen molar-refractivity contribution in [1.82, 2.24) is 0 Å². The quantitative estimate of drug-likeness (QED) is 0.778. The first kappa shape index (κ1) is 12.5. The highest BCUT2D eigenvalue weighted by Crippen LogP contribution is 2.40. The molecule has 0 saturated heterocycles. The lowest BCUT2D eigenvalue weighted by Gasteiger charge is -2.37. The highest BCUT2D eigenvalue weighted by molar-refractivity contribution is 5.70. The van der Waals surface area contributed by atoms with E-state index in [1.807, 2.05) is 0 Å². The lowest BCUT2D eigenvalue weighted by molar-refractivity contribution is -0.147. The molecule has 0 aromatic heterocycles. The van der Waals surface area contributed by atoms with Gasteiger partial charge in [0.15, 0.2) is 0 Å². The lowest BCUT2D eigenvalue weighted by atomic mass is 9.67. The third-order valence-electron chi connectivity index (χ3n) is 4.06. The van der Waals surface area contributed by atoms with Crippen molar-refractivity contribution >= 4 is 5.97 Å². The van der Waals surface area contributed by atoms with Crippen LogP contribution in [0, 0.1) is 29.6 Å². The molecule has 2 nitrogen and oxygen atoms in total. The minimum absolute atomic E-state index is 0.105. The molecule has 1 aliphatic rings. The maximum atomic E-state index is 11.2. The van der Waals surface area contributed by atoms with Gasteiger partial charge in [-0.1, -0.05) is 27.7 Å². The van der Waals surface area contributed by atoms with Crippen LogP contribution < -0.4 is 0 Å². The minimum atomic E-state index is -0.584. The molecule has 0 aromatic carbocycles. The SMILES string of the molecule is CC(C)C1CCC(C(C)C)C(C(=O)O)C1. The number of aliphatic carboxylic acids is 1. The monoisotopic (exact) mass is 212 g/mol. The predicted molar refractivity (Wildman–Crippen MR) is 61.6 cm³/mol. The molecule has 0 heterocycles. The molecule has 1 saturated carbocycles. The highest BCUT2D eigenvalue weighted by atomic mass is 16.4. The van der Waals surface area contributed by atoms with Gasteiger partial charge in [-0.2, -0.15) is 0 Å². The zero-order valence-electron chi connectivity index (χ0n) is 10.4. The largest absolute Gasteiger partial charge is 0.481 e. The van der Waals surface area contributed by atoms with Crippen molar-refractivity contribution in [3.05, 3.63) is 0 Å². The second-order valence-electron chi connectivity index (χ2n) is 5.67. The number of carbonyl (C=O) groups is 1. The molecule has 1 fully saturated rings. The van der Waals surface area contributed by atoms with Crippen molar-refractivity contribution in [3.63, 3.8) is 0 Å². The fourth-order valence-electron chi connectivity index (χ4n) is 2.91. The molecular weight excluding hydrogens is 188 g/mol. The maximum absolute atomic E-state index is 11.2. The van der Waals surface area contributed by atoms with E-state index in [1.165, 1.54) is 6.42 Å². The Labute approximate surface area is 93.1 Å². The molecule has 3 unspecified atom stereocenters. The van der Waals surface area contributed by atoms with Crippen molar-refractivity contribution in [3.8, 4) is 0 Å². The van der Waals surface area contributed by atoms with E-state index in [-0.39, 0.29) is 5.92 Å². The van der Waals surface area contributed by atoms with Gasteiger partial charge in [-0.3, -0.25) is 4.79 Å². The summed E-state index contributed by atoms with van der Waals surface area (Å²) in [5.41, 5.74) is 0. The van der Waals surface area contributed by atoms with Crippen molar-refractivity contribution in [2.75, 3.05) is 0 Å². The Bertz CT molecular complexity index is 221. The second-order valence-corrected chi connectivity index (χ2v) is 5.67. The summed E-state index contributed by atoms with van der Waals surface area (Å²) >= 11 is 0. The van der Waals surface area contributed by atoms with E-state index in [2.05, 4.69) is 27.7 Å². The summed E-state index contributed by atoms with van der Waals surface area (Å²) in [5.74, 6) is 1.43. The van der Waals surface area contributed by atoms with E-state index in [9.17, 15) is 9.90 Å². The van der Waals surface area contributed by atoms with E-state index in [0.717, 1.165) is 12.8 Å². The Morgan fingerprint density at radius 2 is 1.73 bits per heavy atom. The van der Waals surface area contributed by atoms with Gasteiger partial charge in [-0.05, 0) is 42.9 Å². The van der Waals surface area contributed by atoms with Gasteiger partial charge in [0.05, 0.1) is 5.92 Å². The van der Waals surface area contributed by atoms with Gasteiger partial charge in [0.1, 0.15) is 0 Å². The Kier molecular flexibility index (Phi) is 4.18. The molecule has 0 aliphatic heterocycles. The fourth-order valence-corrected chi connectivity index (χ4v) is 2.91. The van der Waals surface area contributed by atoms with Crippen LogP contribution in [0.5, 0.6) is 0 Å². The number of hydrogen-bond donors (Lipinski definition) is 1. The Morgan fingerprint density at radius 1 is 1.13 bits per heavy atom. The molecule has 0 spiro atoms. The van der Waals surface area contributed by atoms with Gasteiger partial charge >= 0.3 is 5.97 Å². The molecule has 1 N–H and O–H groups in total. The van der Waals surface area contributed by atoms with Crippen molar-refractivity contribution in [2.45, 2.75) is 47.0 Å². The van der Waals surface area contributed by atoms with Crippen LogP contribution in [-0.4, -0.2) is 11.1 Å². The third-order valence-corrected chi connectivity index (χ3v) is 4.06. The number of carboxylic acid groups (broad SMARTS) is 1. The van der Waals surface area contributed by atoms with Crippen LogP contribution in [0.4, 0.5) is 0 Å². The normalized spacial score (nSPS) is 32.3. The van der Waals surface area contributed by atoms with Crippen LogP contribution in [0.3, 0.4) is 0 Å². The van der Waals surface area contributed by atoms with Crippen molar-refractivity contribution < 1.29 is 9.90 Å². The molecule has 0 amide bonds. The summed E-state index contributed by atoms with van der Waals surface area (Å²) < 4.78 is 0. The highest BCUT2D eigenvalue weighted by Gasteiger charge is 2.37. The molecule has 3 atom stereocenters. The number of rotatable bonds is 3. The Balaban J connectivity index is 2.69. The van der Waals surface area contributed by atoms with E-state index < -0.39 is 5.97 Å². The van der Waals surface area contributed by atoms with E-state index in [4.69, 9.17) is 0 Å². The van der Waals surface area contributed by atoms with Gasteiger partial charge in [0.25, 0.3) is 0 Å². The van der Waals surface area contributed by atoms with Gasteiger partial charge in [0, 0.05) is 0 Å². The molecule has 88 valence electrons. The molecule has 15 heavy (non-hydrogen) atoms. The Hall–Kier alpha value is -0.530. The summed E-state index contributed by atoms with van der Waals surface area (Å²) in [5, 5.41) is 9.26. The summed E-state index contributed by atoms with van der Waals surface area (Å²) in [7, 11) is 0. The second kappa shape index (κ2) is 5.00. The van der Waals surface area contributed by atoms with Crippen LogP contribution in [0.2, 0.25) is 0 Å². The van der Waals surface area contributed by atoms with Gasteiger partial charge < -0.3 is 5.11 Å². The number of hydrogen-bond acceptors (Lipinski definition) is 1. The molecule has 1 aliphatic carbocycles. The zero-order chi connectivity index (χ0) is 11.6. The lowest BCUT2D eigenvalue weighted by Crippen LogP contribution is -2.35. The average molecular weight is 212 g/mol. The van der Waals surface area contributed by atoms with E-state index in [1.54, 1.807) is 0 Å². The molecule has 1 rings (SSSR count). The molecule has 2 heteroatoms. The molecule has 0 radical (unpaired) electrons. The van der Waals surface area contributed by atoms with Crippen LogP contribution >= 0.6 is 0 Å². The summed E-state index contributed by atoms with van der Waals surface area (Å²) in [4.78, 5) is 11.2. The summed E-state index contributed by atoms with van der Waals surface area (Å²) in [6.07, 6.45) is 3.19. The first-order valence-electron chi connectivity index (χ1n) is 6.16. The van der Waals surface area contributed by atoms with Gasteiger partial charge in [-0.15, -0.1) is 0 Å². The Morgan fingerprint density at radius 3 is 2.13 bits per heavy atom. The fraction of sp³-hybridized carbons (Fsp3) is 0.923. The van der Waals surface area contributed by atoms with Crippen molar-refractivity contribution in [1.29, 1.82) is 0 Å². The first-order valence-corrected chi connectivity index (χ1v) is 6.16. The van der Waals surface area contributed by atoms with E-state index in [0.29, 0.717) is 23.7 Å². The van der Waals surface area contributed by atoms with Crippen LogP contribution in [0.15, 0.2) is 0 Å². The zero-order valence-corrected chi connectivity index (χ0v) is 10.4. The maximum Gasteiger partial charge on any atom is 0.306 e. The topological polar surface area (TPSA) is 37.3 Å². The van der Waals surface area contributed by atoms with Crippen molar-refractivity contribution in [2.24, 2.45) is 29.6 Å². The standard InChI is InChI=1S/C13H24O2/c1-8(2)10-5-6-11(9(3)4)12(7-10)13(14)15/h8-12H,5-7H2,1-4H3,(H,14,15). The van der Waals surface area contributed by atoms with Gasteiger partial charge in [-0.25, -0.2) is 0 Å².